The maximum Gasteiger partial charge on any atom is 0.0869 e. The minimum Gasteiger partial charge on any atom is -0.304 e. The Morgan fingerprint density at radius 1 is 1.55 bits per heavy atom. The summed E-state index contributed by atoms with van der Waals surface area (Å²) in [6, 6.07) is 2.73. The van der Waals surface area contributed by atoms with Crippen LogP contribution in [-0.4, -0.2) is 49.1 Å². The van der Waals surface area contributed by atoms with Gasteiger partial charge in [-0.15, -0.1) is 0 Å². The first kappa shape index (κ1) is 8.51. The van der Waals surface area contributed by atoms with Gasteiger partial charge in [-0.1, -0.05) is 0 Å². The van der Waals surface area contributed by atoms with Gasteiger partial charge in [-0.2, -0.15) is 5.26 Å². The van der Waals surface area contributed by atoms with E-state index in [1.165, 1.54) is 0 Å². The Labute approximate surface area is 68.2 Å². The van der Waals surface area contributed by atoms with E-state index in [9.17, 15) is 0 Å². The molecule has 0 spiro atoms. The van der Waals surface area contributed by atoms with Crippen LogP contribution in [0.5, 0.6) is 0 Å². The molecule has 11 heavy (non-hydrogen) atoms. The van der Waals surface area contributed by atoms with E-state index in [1.54, 1.807) is 0 Å². The molecule has 0 aliphatic carbocycles. The van der Waals surface area contributed by atoms with Gasteiger partial charge >= 0.3 is 0 Å². The van der Waals surface area contributed by atoms with Crippen LogP contribution in [0, 0.1) is 11.3 Å². The Morgan fingerprint density at radius 2 is 2.27 bits per heavy atom. The molecule has 3 heteroatoms. The molecular formula is C8H15N3. The van der Waals surface area contributed by atoms with Crippen molar-refractivity contribution in [2.45, 2.75) is 13.0 Å². The van der Waals surface area contributed by atoms with Crippen molar-refractivity contribution >= 4 is 0 Å². The van der Waals surface area contributed by atoms with Gasteiger partial charge in [0.25, 0.3) is 0 Å². The molecule has 0 aromatic rings. The average molecular weight is 153 g/mol. The van der Waals surface area contributed by atoms with E-state index >= 15 is 0 Å². The molecule has 1 rings (SSSR count). The van der Waals surface area contributed by atoms with Crippen molar-refractivity contribution in [3.8, 4) is 6.07 Å². The molecule has 1 fully saturated rings. The van der Waals surface area contributed by atoms with Crippen LogP contribution in [0.15, 0.2) is 0 Å². The van der Waals surface area contributed by atoms with Crippen LogP contribution in [0.3, 0.4) is 0 Å². The van der Waals surface area contributed by atoms with Crippen molar-refractivity contribution in [3.63, 3.8) is 0 Å². The summed E-state index contributed by atoms with van der Waals surface area (Å²) in [7, 11) is 2.13. The Morgan fingerprint density at radius 3 is 2.82 bits per heavy atom. The fourth-order valence-corrected chi connectivity index (χ4v) is 1.50. The first-order valence-corrected chi connectivity index (χ1v) is 4.03. The van der Waals surface area contributed by atoms with Gasteiger partial charge in [-0.05, 0) is 14.0 Å². The van der Waals surface area contributed by atoms with Gasteiger partial charge in [-0.25, -0.2) is 0 Å². The topological polar surface area (TPSA) is 30.3 Å². The molecular weight excluding hydrogens is 138 g/mol. The molecule has 1 aliphatic heterocycles. The fourth-order valence-electron chi connectivity index (χ4n) is 1.50. The lowest BCUT2D eigenvalue weighted by Crippen LogP contribution is -2.50. The van der Waals surface area contributed by atoms with E-state index in [0.717, 1.165) is 19.6 Å². The zero-order valence-electron chi connectivity index (χ0n) is 7.25. The van der Waals surface area contributed by atoms with E-state index in [0.29, 0.717) is 12.6 Å². The molecule has 0 amide bonds. The predicted molar refractivity (Wildman–Crippen MR) is 44.1 cm³/mol. The molecule has 0 N–H and O–H groups in total. The largest absolute Gasteiger partial charge is 0.304 e. The fraction of sp³-hybridized carbons (Fsp3) is 0.875. The summed E-state index contributed by atoms with van der Waals surface area (Å²) in [5.74, 6) is 0. The van der Waals surface area contributed by atoms with Gasteiger partial charge in [0.05, 0.1) is 12.6 Å². The molecule has 0 bridgehead atoms. The van der Waals surface area contributed by atoms with Crippen molar-refractivity contribution in [1.82, 2.24) is 9.80 Å². The van der Waals surface area contributed by atoms with Crippen molar-refractivity contribution in [2.24, 2.45) is 0 Å². The van der Waals surface area contributed by atoms with Gasteiger partial charge in [0.1, 0.15) is 0 Å². The van der Waals surface area contributed by atoms with Crippen LogP contribution < -0.4 is 0 Å². The van der Waals surface area contributed by atoms with Gasteiger partial charge < -0.3 is 4.90 Å². The summed E-state index contributed by atoms with van der Waals surface area (Å²) in [5.41, 5.74) is 0. The normalized spacial score (nSPS) is 28.3. The summed E-state index contributed by atoms with van der Waals surface area (Å²) in [6.45, 7) is 5.96. The summed E-state index contributed by atoms with van der Waals surface area (Å²) < 4.78 is 0. The van der Waals surface area contributed by atoms with E-state index < -0.39 is 0 Å². The van der Waals surface area contributed by atoms with Crippen LogP contribution in [-0.2, 0) is 0 Å². The Hall–Kier alpha value is -0.590. The molecule has 0 saturated carbocycles. The van der Waals surface area contributed by atoms with Gasteiger partial charge in [0, 0.05) is 25.7 Å². The quantitative estimate of drug-likeness (QED) is 0.502. The first-order valence-electron chi connectivity index (χ1n) is 4.03. The number of piperazine rings is 1. The highest BCUT2D eigenvalue weighted by atomic mass is 15.3. The Balaban J connectivity index is 2.39. The number of nitriles is 1. The molecule has 1 atom stereocenters. The summed E-state index contributed by atoms with van der Waals surface area (Å²) >= 11 is 0. The monoisotopic (exact) mass is 153 g/mol. The average Bonchev–Trinajstić information content (AvgIpc) is 1.95. The maximum atomic E-state index is 8.50. The van der Waals surface area contributed by atoms with Crippen LogP contribution in [0.4, 0.5) is 0 Å². The number of hydrogen-bond donors (Lipinski definition) is 0. The summed E-state index contributed by atoms with van der Waals surface area (Å²) in [5, 5.41) is 8.50. The number of hydrogen-bond acceptors (Lipinski definition) is 3. The van der Waals surface area contributed by atoms with Crippen molar-refractivity contribution in [3.05, 3.63) is 0 Å². The third-order valence-electron chi connectivity index (χ3n) is 2.24. The van der Waals surface area contributed by atoms with Crippen LogP contribution in [0.2, 0.25) is 0 Å². The summed E-state index contributed by atoms with van der Waals surface area (Å²) in [4.78, 5) is 4.53. The minimum absolute atomic E-state index is 0.536. The van der Waals surface area contributed by atoms with Gasteiger partial charge in [0.15, 0.2) is 0 Å². The lowest BCUT2D eigenvalue weighted by atomic mass is 10.2. The van der Waals surface area contributed by atoms with Crippen molar-refractivity contribution < 1.29 is 0 Å². The SMILES string of the molecule is CC1CN(C)CCN1CC#N. The number of rotatable bonds is 1. The second kappa shape index (κ2) is 3.70. The molecule has 1 unspecified atom stereocenters. The molecule has 1 heterocycles. The molecule has 0 aromatic carbocycles. The number of nitrogens with zero attached hydrogens (tertiary/aromatic N) is 3. The van der Waals surface area contributed by atoms with Gasteiger partial charge in [0.2, 0.25) is 0 Å². The molecule has 1 aliphatic rings. The minimum atomic E-state index is 0.536. The standard InChI is InChI=1S/C8H15N3/c1-8-7-10(2)5-6-11(8)4-3-9/h8H,4-7H2,1-2H3. The molecule has 0 radical (unpaired) electrons. The van der Waals surface area contributed by atoms with Crippen LogP contribution in [0.25, 0.3) is 0 Å². The van der Waals surface area contributed by atoms with E-state index in [-0.39, 0.29) is 0 Å². The zero-order valence-corrected chi connectivity index (χ0v) is 7.25. The lowest BCUT2D eigenvalue weighted by molar-refractivity contribution is 0.113. The molecule has 1 saturated heterocycles. The molecule has 62 valence electrons. The van der Waals surface area contributed by atoms with Gasteiger partial charge in [-0.3, -0.25) is 4.90 Å². The van der Waals surface area contributed by atoms with Crippen molar-refractivity contribution in [2.75, 3.05) is 33.2 Å². The summed E-state index contributed by atoms with van der Waals surface area (Å²) in [6.07, 6.45) is 0. The Kier molecular flexibility index (Phi) is 2.86. The van der Waals surface area contributed by atoms with E-state index in [1.807, 2.05) is 0 Å². The van der Waals surface area contributed by atoms with Crippen LogP contribution in [0.1, 0.15) is 6.92 Å². The third kappa shape index (κ3) is 2.18. The van der Waals surface area contributed by atoms with E-state index in [2.05, 4.69) is 29.8 Å². The zero-order chi connectivity index (χ0) is 8.27. The maximum absolute atomic E-state index is 8.50. The predicted octanol–water partition coefficient (Wildman–Crippen LogP) is 0.146. The molecule has 0 aromatic heterocycles. The lowest BCUT2D eigenvalue weighted by Gasteiger charge is -2.36. The van der Waals surface area contributed by atoms with Crippen LogP contribution >= 0.6 is 0 Å². The second-order valence-corrected chi connectivity index (χ2v) is 3.24. The third-order valence-corrected chi connectivity index (χ3v) is 2.24. The molecule has 3 nitrogen and oxygen atoms in total. The van der Waals surface area contributed by atoms with E-state index in [4.69, 9.17) is 5.26 Å². The van der Waals surface area contributed by atoms with Crippen molar-refractivity contribution in [1.29, 1.82) is 5.26 Å². The smallest absolute Gasteiger partial charge is 0.0869 e. The highest BCUT2D eigenvalue weighted by molar-refractivity contribution is 4.84. The number of likely N-dealkylation sites (N-methyl/N-ethyl adjacent to an activating group) is 1. The highest BCUT2D eigenvalue weighted by Crippen LogP contribution is 2.05. The second-order valence-electron chi connectivity index (χ2n) is 3.24. The highest BCUT2D eigenvalue weighted by Gasteiger charge is 2.20. The Bertz CT molecular complexity index is 161. The first-order chi connectivity index (χ1) is 5.24.